The predicted molar refractivity (Wildman–Crippen MR) is 117 cm³/mol. The fraction of sp³-hybridized carbons (Fsp3) is 0.217. The molecule has 3 aromatic heterocycles. The van der Waals surface area contributed by atoms with Crippen molar-refractivity contribution in [1.82, 2.24) is 19.9 Å². The van der Waals surface area contributed by atoms with E-state index in [4.69, 9.17) is 9.26 Å². The summed E-state index contributed by atoms with van der Waals surface area (Å²) in [4.78, 5) is 17.6. The largest absolute Gasteiger partial charge is 0.479 e. The molecule has 0 saturated carbocycles. The number of rotatable bonds is 6. The number of nitrogens with zero attached hydrogens (tertiary/aromatic N) is 4. The summed E-state index contributed by atoms with van der Waals surface area (Å²) in [5, 5.41) is 11.3. The van der Waals surface area contributed by atoms with E-state index < -0.39 is 0 Å². The van der Waals surface area contributed by atoms with Gasteiger partial charge in [0.2, 0.25) is 5.88 Å². The monoisotopic (exact) mass is 417 g/mol. The Balaban J connectivity index is 1.63. The molecule has 158 valence electrons. The van der Waals surface area contributed by atoms with Gasteiger partial charge in [0.1, 0.15) is 22.7 Å². The summed E-state index contributed by atoms with van der Waals surface area (Å²) < 4.78 is 12.6. The zero-order chi connectivity index (χ0) is 22.0. The lowest BCUT2D eigenvalue weighted by Gasteiger charge is -2.11. The molecule has 0 atom stereocenters. The summed E-state index contributed by atoms with van der Waals surface area (Å²) in [6.07, 6.45) is 3.68. The van der Waals surface area contributed by atoms with Gasteiger partial charge in [0.05, 0.1) is 19.0 Å². The minimum atomic E-state index is -0.349. The molecule has 31 heavy (non-hydrogen) atoms. The van der Waals surface area contributed by atoms with Gasteiger partial charge in [-0.1, -0.05) is 35.5 Å². The highest BCUT2D eigenvalue weighted by Crippen LogP contribution is 2.30. The minimum Gasteiger partial charge on any atom is -0.479 e. The van der Waals surface area contributed by atoms with E-state index in [2.05, 4.69) is 34.4 Å². The Morgan fingerprint density at radius 3 is 2.58 bits per heavy atom. The van der Waals surface area contributed by atoms with Crippen LogP contribution in [0.2, 0.25) is 0 Å². The van der Waals surface area contributed by atoms with Gasteiger partial charge in [0.15, 0.2) is 0 Å². The molecule has 0 saturated heterocycles. The fourth-order valence-electron chi connectivity index (χ4n) is 3.22. The Labute approximate surface area is 179 Å². The van der Waals surface area contributed by atoms with E-state index >= 15 is 0 Å². The van der Waals surface area contributed by atoms with E-state index in [0.717, 1.165) is 11.1 Å². The van der Waals surface area contributed by atoms with Crippen LogP contribution in [0.3, 0.4) is 0 Å². The first-order valence-electron chi connectivity index (χ1n) is 9.90. The highest BCUT2D eigenvalue weighted by molar-refractivity contribution is 6.09. The number of benzene rings is 1. The highest BCUT2D eigenvalue weighted by atomic mass is 16.5. The molecule has 0 aliphatic rings. The molecule has 1 N–H and O–H groups in total. The van der Waals surface area contributed by atoms with Crippen LogP contribution in [0.5, 0.6) is 5.88 Å². The second-order valence-corrected chi connectivity index (χ2v) is 7.34. The number of aryl methyl sites for hydroxylation is 1. The van der Waals surface area contributed by atoms with Crippen molar-refractivity contribution in [3.8, 4) is 28.4 Å². The molecular weight excluding hydrogens is 394 g/mol. The SMILES string of the molecule is COc1nc(-c2cnn(C(C)C)c2)ccc1NC(=O)c1c(-c2ccccc2)noc1C. The van der Waals surface area contributed by atoms with Crippen molar-refractivity contribution in [3.05, 3.63) is 66.2 Å². The predicted octanol–water partition coefficient (Wildman–Crippen LogP) is 4.75. The van der Waals surface area contributed by atoms with Gasteiger partial charge in [0, 0.05) is 23.4 Å². The van der Waals surface area contributed by atoms with Crippen molar-refractivity contribution in [3.63, 3.8) is 0 Å². The van der Waals surface area contributed by atoms with Crippen LogP contribution in [0, 0.1) is 6.92 Å². The minimum absolute atomic E-state index is 0.250. The van der Waals surface area contributed by atoms with Crippen LogP contribution in [0.1, 0.15) is 36.0 Å². The normalized spacial score (nSPS) is 11.0. The lowest BCUT2D eigenvalue weighted by molar-refractivity contribution is 0.102. The first kappa shape index (κ1) is 20.3. The van der Waals surface area contributed by atoms with Crippen LogP contribution in [0.15, 0.2) is 59.4 Å². The third kappa shape index (κ3) is 4.05. The maximum atomic E-state index is 13.1. The number of nitrogens with one attached hydrogen (secondary N) is 1. The molecule has 0 spiro atoms. The van der Waals surface area contributed by atoms with Gasteiger partial charge in [-0.05, 0) is 32.9 Å². The van der Waals surface area contributed by atoms with Crippen LogP contribution < -0.4 is 10.1 Å². The van der Waals surface area contributed by atoms with E-state index in [0.29, 0.717) is 34.3 Å². The second kappa shape index (κ2) is 8.43. The second-order valence-electron chi connectivity index (χ2n) is 7.34. The van der Waals surface area contributed by atoms with E-state index in [1.54, 1.807) is 19.2 Å². The van der Waals surface area contributed by atoms with Crippen LogP contribution in [0.25, 0.3) is 22.5 Å². The smallest absolute Gasteiger partial charge is 0.261 e. The zero-order valence-electron chi connectivity index (χ0n) is 17.8. The molecule has 3 heterocycles. The van der Waals surface area contributed by atoms with Gasteiger partial charge in [0.25, 0.3) is 5.91 Å². The summed E-state index contributed by atoms with van der Waals surface area (Å²) >= 11 is 0. The molecule has 0 unspecified atom stereocenters. The van der Waals surface area contributed by atoms with Gasteiger partial charge < -0.3 is 14.6 Å². The lowest BCUT2D eigenvalue weighted by Crippen LogP contribution is -2.14. The molecule has 0 fully saturated rings. The van der Waals surface area contributed by atoms with Crippen molar-refractivity contribution < 1.29 is 14.1 Å². The number of pyridine rings is 1. The van der Waals surface area contributed by atoms with Gasteiger partial charge in [-0.3, -0.25) is 9.48 Å². The van der Waals surface area contributed by atoms with Gasteiger partial charge >= 0.3 is 0 Å². The third-order valence-electron chi connectivity index (χ3n) is 4.87. The number of aromatic nitrogens is 4. The van der Waals surface area contributed by atoms with Crippen molar-refractivity contribution in [2.75, 3.05) is 12.4 Å². The van der Waals surface area contributed by atoms with Crippen molar-refractivity contribution in [1.29, 1.82) is 0 Å². The van der Waals surface area contributed by atoms with E-state index in [9.17, 15) is 4.79 Å². The van der Waals surface area contributed by atoms with Crippen LogP contribution in [-0.2, 0) is 0 Å². The molecule has 0 aliphatic carbocycles. The molecule has 0 bridgehead atoms. The molecule has 8 heteroatoms. The maximum Gasteiger partial charge on any atom is 0.261 e. The fourth-order valence-corrected chi connectivity index (χ4v) is 3.22. The summed E-state index contributed by atoms with van der Waals surface area (Å²) in [7, 11) is 1.51. The molecule has 4 rings (SSSR count). The quantitative estimate of drug-likeness (QED) is 0.486. The average Bonchev–Trinajstić information content (AvgIpc) is 3.42. The Hall–Kier alpha value is -3.94. The number of amides is 1. The van der Waals surface area contributed by atoms with E-state index in [1.807, 2.05) is 47.3 Å². The average molecular weight is 417 g/mol. The first-order valence-corrected chi connectivity index (χ1v) is 9.90. The Kier molecular flexibility index (Phi) is 5.53. The van der Waals surface area contributed by atoms with Gasteiger partial charge in [-0.2, -0.15) is 5.10 Å². The Morgan fingerprint density at radius 1 is 1.13 bits per heavy atom. The highest BCUT2D eigenvalue weighted by Gasteiger charge is 2.23. The molecule has 1 aromatic carbocycles. The van der Waals surface area contributed by atoms with Crippen LogP contribution in [-0.4, -0.2) is 32.9 Å². The maximum absolute atomic E-state index is 13.1. The van der Waals surface area contributed by atoms with Gasteiger partial charge in [-0.15, -0.1) is 0 Å². The number of carbonyl (C=O) groups excluding carboxylic acids is 1. The van der Waals surface area contributed by atoms with Crippen LogP contribution >= 0.6 is 0 Å². The number of hydrogen-bond acceptors (Lipinski definition) is 6. The summed E-state index contributed by atoms with van der Waals surface area (Å²) in [5.74, 6) is 0.387. The Morgan fingerprint density at radius 2 is 1.90 bits per heavy atom. The molecule has 1 amide bonds. The zero-order valence-corrected chi connectivity index (χ0v) is 17.8. The van der Waals surface area contributed by atoms with Crippen molar-refractivity contribution in [2.45, 2.75) is 26.8 Å². The number of methoxy groups -OCH3 is 1. The summed E-state index contributed by atoms with van der Waals surface area (Å²) in [6, 6.07) is 13.3. The molecular formula is C23H23N5O3. The molecule has 4 aromatic rings. The first-order chi connectivity index (χ1) is 15.0. The van der Waals surface area contributed by atoms with E-state index in [1.165, 1.54) is 7.11 Å². The van der Waals surface area contributed by atoms with Crippen LogP contribution in [0.4, 0.5) is 5.69 Å². The third-order valence-corrected chi connectivity index (χ3v) is 4.87. The number of ether oxygens (including phenoxy) is 1. The molecule has 0 aliphatic heterocycles. The topological polar surface area (TPSA) is 95.1 Å². The number of hydrogen-bond donors (Lipinski definition) is 1. The Bertz CT molecular complexity index is 1210. The lowest BCUT2D eigenvalue weighted by atomic mass is 10.1. The summed E-state index contributed by atoms with van der Waals surface area (Å²) in [6.45, 7) is 5.82. The van der Waals surface area contributed by atoms with Crippen molar-refractivity contribution >= 4 is 11.6 Å². The van der Waals surface area contributed by atoms with Gasteiger partial charge in [-0.25, -0.2) is 4.98 Å². The number of carbonyl (C=O) groups is 1. The standard InChI is InChI=1S/C23H23N5O3/c1-14(2)28-13-17(12-24-28)18-10-11-19(23(26-18)30-4)25-22(29)20-15(3)31-27-21(20)16-8-6-5-7-9-16/h5-14H,1-4H3,(H,25,29). The number of anilines is 1. The summed E-state index contributed by atoms with van der Waals surface area (Å²) in [5.41, 5.74) is 3.68. The molecule has 0 radical (unpaired) electrons. The van der Waals surface area contributed by atoms with Crippen molar-refractivity contribution in [2.24, 2.45) is 0 Å². The molecule has 8 nitrogen and oxygen atoms in total. The van der Waals surface area contributed by atoms with E-state index in [-0.39, 0.29) is 11.9 Å².